The Labute approximate surface area is 244 Å². The Kier molecular flexibility index (Phi) is 7.32. The van der Waals surface area contributed by atoms with Crippen LogP contribution in [-0.4, -0.2) is 58.7 Å². The Balaban J connectivity index is 1.15. The average molecular weight is 569 g/mol. The van der Waals surface area contributed by atoms with E-state index >= 15 is 0 Å². The van der Waals surface area contributed by atoms with Crippen LogP contribution in [0.5, 0.6) is 11.5 Å². The molecule has 2 N–H and O–H groups in total. The van der Waals surface area contributed by atoms with E-state index in [4.69, 9.17) is 16.3 Å². The summed E-state index contributed by atoms with van der Waals surface area (Å²) in [5.41, 5.74) is 5.82. The van der Waals surface area contributed by atoms with Crippen LogP contribution in [-0.2, 0) is 0 Å². The van der Waals surface area contributed by atoms with E-state index in [0.29, 0.717) is 11.5 Å². The Hall–Kier alpha value is -4.07. The van der Waals surface area contributed by atoms with Crippen LogP contribution in [0.1, 0.15) is 36.2 Å². The predicted molar refractivity (Wildman–Crippen MR) is 164 cm³/mol. The number of carboxylic acids is 1. The van der Waals surface area contributed by atoms with Crippen LogP contribution < -0.4 is 9.64 Å². The SMILES string of the molecule is CC1(C)CC=C(c2ccc(Cl)cc2)C=C1CN1CCN(c2ccc(C(=O)O)c(Oc3cnc4[nH]ccc4c3)c2)CC1. The molecule has 8 heteroatoms. The molecule has 0 amide bonds. The molecule has 1 fully saturated rings. The number of nitrogens with one attached hydrogen (secondary N) is 1. The quantitative estimate of drug-likeness (QED) is 0.244. The number of ether oxygens (including phenoxy) is 1. The number of nitrogens with zero attached hydrogens (tertiary/aromatic N) is 3. The van der Waals surface area contributed by atoms with Crippen LogP contribution in [0.15, 0.2) is 84.7 Å². The van der Waals surface area contributed by atoms with Crippen LogP contribution in [0.4, 0.5) is 5.69 Å². The summed E-state index contributed by atoms with van der Waals surface area (Å²) in [5.74, 6) is -0.218. The first kappa shape index (κ1) is 27.1. The summed E-state index contributed by atoms with van der Waals surface area (Å²) in [5, 5.41) is 11.4. The van der Waals surface area contributed by atoms with Gasteiger partial charge in [0.2, 0.25) is 0 Å². The largest absolute Gasteiger partial charge is 0.478 e. The first-order valence-electron chi connectivity index (χ1n) is 13.9. The van der Waals surface area contributed by atoms with Gasteiger partial charge < -0.3 is 19.7 Å². The summed E-state index contributed by atoms with van der Waals surface area (Å²) in [4.78, 5) is 24.2. The van der Waals surface area contributed by atoms with Crippen molar-refractivity contribution in [2.45, 2.75) is 20.3 Å². The van der Waals surface area contributed by atoms with E-state index in [2.05, 4.69) is 57.9 Å². The molecular formula is C33H33ClN4O3. The lowest BCUT2D eigenvalue weighted by atomic mass is 9.75. The van der Waals surface area contributed by atoms with E-state index in [9.17, 15) is 9.90 Å². The molecule has 1 aliphatic heterocycles. The van der Waals surface area contributed by atoms with Gasteiger partial charge in [-0.1, -0.05) is 49.7 Å². The van der Waals surface area contributed by atoms with Crippen molar-refractivity contribution >= 4 is 39.9 Å². The van der Waals surface area contributed by atoms with Crippen LogP contribution in [0.25, 0.3) is 16.6 Å². The van der Waals surface area contributed by atoms with Gasteiger partial charge in [-0.15, -0.1) is 0 Å². The molecule has 0 spiro atoms. The summed E-state index contributed by atoms with van der Waals surface area (Å²) in [6.07, 6.45) is 9.10. The minimum atomic E-state index is -1.03. The van der Waals surface area contributed by atoms with E-state index in [-0.39, 0.29) is 11.0 Å². The molecule has 3 heterocycles. The fourth-order valence-corrected chi connectivity index (χ4v) is 5.64. The smallest absolute Gasteiger partial charge is 0.339 e. The van der Waals surface area contributed by atoms with Gasteiger partial charge in [0.15, 0.2) is 0 Å². The molecule has 0 saturated carbocycles. The van der Waals surface area contributed by atoms with Crippen molar-refractivity contribution in [2.24, 2.45) is 5.41 Å². The Morgan fingerprint density at radius 2 is 1.85 bits per heavy atom. The topological polar surface area (TPSA) is 81.7 Å². The van der Waals surface area contributed by atoms with Crippen molar-refractivity contribution in [1.82, 2.24) is 14.9 Å². The van der Waals surface area contributed by atoms with Gasteiger partial charge in [0.25, 0.3) is 0 Å². The lowest BCUT2D eigenvalue weighted by Gasteiger charge is -2.40. The number of aromatic carboxylic acids is 1. The number of anilines is 1. The summed E-state index contributed by atoms with van der Waals surface area (Å²) >= 11 is 6.11. The maximum atomic E-state index is 11.9. The molecule has 7 nitrogen and oxygen atoms in total. The molecule has 2 aromatic heterocycles. The van der Waals surface area contributed by atoms with E-state index in [1.807, 2.05) is 42.6 Å². The van der Waals surface area contributed by atoms with Gasteiger partial charge in [-0.25, -0.2) is 9.78 Å². The second kappa shape index (κ2) is 11.1. The molecule has 0 bridgehead atoms. The number of rotatable bonds is 7. The molecule has 2 aliphatic rings. The number of piperazine rings is 1. The molecule has 6 rings (SSSR count). The van der Waals surface area contributed by atoms with Gasteiger partial charge in [-0.2, -0.15) is 0 Å². The Morgan fingerprint density at radius 1 is 1.07 bits per heavy atom. The van der Waals surface area contributed by atoms with Crippen LogP contribution in [0.2, 0.25) is 5.02 Å². The van der Waals surface area contributed by atoms with E-state index < -0.39 is 5.97 Å². The van der Waals surface area contributed by atoms with Crippen molar-refractivity contribution < 1.29 is 14.6 Å². The molecule has 4 aromatic rings. The number of allylic oxidation sites excluding steroid dienone is 3. The Bertz CT molecular complexity index is 1650. The minimum Gasteiger partial charge on any atom is -0.478 e. The maximum absolute atomic E-state index is 11.9. The average Bonchev–Trinajstić information content (AvgIpc) is 3.43. The molecule has 0 atom stereocenters. The highest BCUT2D eigenvalue weighted by Crippen LogP contribution is 2.39. The summed E-state index contributed by atoms with van der Waals surface area (Å²) in [6, 6.07) is 17.1. The van der Waals surface area contributed by atoms with E-state index in [1.165, 1.54) is 16.7 Å². The highest BCUT2D eigenvalue weighted by Gasteiger charge is 2.29. The molecule has 0 unspecified atom stereocenters. The van der Waals surface area contributed by atoms with Crippen molar-refractivity contribution in [3.63, 3.8) is 0 Å². The zero-order valence-corrected chi connectivity index (χ0v) is 24.0. The lowest BCUT2D eigenvalue weighted by molar-refractivity contribution is 0.0694. The first-order valence-corrected chi connectivity index (χ1v) is 14.3. The molecule has 1 aliphatic carbocycles. The second-order valence-electron chi connectivity index (χ2n) is 11.4. The second-order valence-corrected chi connectivity index (χ2v) is 11.8. The fourth-order valence-electron chi connectivity index (χ4n) is 5.52. The first-order chi connectivity index (χ1) is 19.7. The molecule has 0 radical (unpaired) electrons. The van der Waals surface area contributed by atoms with E-state index in [0.717, 1.165) is 60.9 Å². The number of hydrogen-bond acceptors (Lipinski definition) is 5. The van der Waals surface area contributed by atoms with Crippen molar-refractivity contribution in [3.05, 3.63) is 101 Å². The van der Waals surface area contributed by atoms with E-state index in [1.54, 1.807) is 12.3 Å². The summed E-state index contributed by atoms with van der Waals surface area (Å²) in [6.45, 7) is 9.08. The number of H-pyrrole nitrogens is 1. The van der Waals surface area contributed by atoms with Gasteiger partial charge in [0.1, 0.15) is 22.7 Å². The number of carbonyl (C=O) groups is 1. The third kappa shape index (κ3) is 5.87. The van der Waals surface area contributed by atoms with Crippen molar-refractivity contribution in [3.8, 4) is 11.5 Å². The highest BCUT2D eigenvalue weighted by molar-refractivity contribution is 6.30. The van der Waals surface area contributed by atoms with Crippen molar-refractivity contribution in [1.29, 1.82) is 0 Å². The zero-order valence-electron chi connectivity index (χ0n) is 23.2. The maximum Gasteiger partial charge on any atom is 0.339 e. The van der Waals surface area contributed by atoms with Gasteiger partial charge in [0, 0.05) is 61.1 Å². The van der Waals surface area contributed by atoms with Crippen LogP contribution in [0.3, 0.4) is 0 Å². The number of halogens is 1. The normalized spacial score (nSPS) is 17.3. The predicted octanol–water partition coefficient (Wildman–Crippen LogP) is 7.27. The summed E-state index contributed by atoms with van der Waals surface area (Å²) < 4.78 is 6.06. The third-order valence-electron chi connectivity index (χ3n) is 8.14. The number of hydrogen-bond donors (Lipinski definition) is 2. The summed E-state index contributed by atoms with van der Waals surface area (Å²) in [7, 11) is 0. The number of pyridine rings is 1. The number of benzene rings is 2. The van der Waals surface area contributed by atoms with Gasteiger partial charge in [-0.05, 0) is 64.9 Å². The van der Waals surface area contributed by atoms with Gasteiger partial charge >= 0.3 is 5.97 Å². The fraction of sp³-hybridized carbons (Fsp3) is 0.273. The standard InChI is InChI=1S/C33H33ClN4O3/c1-33(2)11-9-23(22-3-5-26(34)6-4-22)17-25(33)21-37-13-15-38(16-14-37)27-7-8-29(32(39)40)30(19-27)41-28-18-24-10-12-35-31(24)36-20-28/h3-10,12,17-20H,11,13-16,21H2,1-2H3,(H,35,36)(H,39,40). The lowest BCUT2D eigenvalue weighted by Crippen LogP contribution is -2.47. The molecule has 2 aromatic carbocycles. The number of aromatic amines is 1. The zero-order chi connectivity index (χ0) is 28.6. The minimum absolute atomic E-state index is 0.101. The Morgan fingerprint density at radius 3 is 2.61 bits per heavy atom. The number of aromatic nitrogens is 2. The van der Waals surface area contributed by atoms with Crippen LogP contribution in [0, 0.1) is 5.41 Å². The van der Waals surface area contributed by atoms with Crippen molar-refractivity contribution in [2.75, 3.05) is 37.6 Å². The monoisotopic (exact) mass is 568 g/mol. The number of carboxylic acid groups (broad SMARTS) is 1. The van der Waals surface area contributed by atoms with Crippen LogP contribution >= 0.6 is 11.6 Å². The molecule has 1 saturated heterocycles. The molecule has 41 heavy (non-hydrogen) atoms. The van der Waals surface area contributed by atoms with Gasteiger partial charge in [0.05, 0.1) is 6.20 Å². The highest BCUT2D eigenvalue weighted by atomic mass is 35.5. The van der Waals surface area contributed by atoms with Gasteiger partial charge in [-0.3, -0.25) is 4.90 Å². The molecule has 210 valence electrons. The number of fused-ring (bicyclic) bond motifs is 1. The third-order valence-corrected chi connectivity index (χ3v) is 8.39. The molecular weight excluding hydrogens is 536 g/mol.